The number of aromatic nitrogens is 1. The van der Waals surface area contributed by atoms with Crippen LogP contribution in [0.3, 0.4) is 0 Å². The summed E-state index contributed by atoms with van der Waals surface area (Å²) < 4.78 is 11.3. The quantitative estimate of drug-likeness (QED) is 0.932. The number of carbonyl (C=O) groups excluding carboxylic acids is 1. The number of benzene rings is 1. The molecule has 1 aromatic heterocycles. The molecule has 0 radical (unpaired) electrons. The summed E-state index contributed by atoms with van der Waals surface area (Å²) in [5.74, 6) is 1.17. The Labute approximate surface area is 140 Å². The molecule has 0 spiro atoms. The Morgan fingerprint density at radius 1 is 1.25 bits per heavy atom. The fraction of sp³-hybridized carbons (Fsp3) is 0.333. The summed E-state index contributed by atoms with van der Waals surface area (Å²) in [6.45, 7) is 1.13. The number of nitrogens with one attached hydrogen (secondary N) is 1. The first-order chi connectivity index (χ1) is 11.7. The Morgan fingerprint density at radius 3 is 2.79 bits per heavy atom. The molecule has 0 aliphatic carbocycles. The minimum absolute atomic E-state index is 0.102. The Hall–Kier alpha value is -2.76. The van der Waals surface area contributed by atoms with Crippen LogP contribution in [0.4, 0.5) is 0 Å². The maximum atomic E-state index is 12.5. The Morgan fingerprint density at radius 2 is 2.04 bits per heavy atom. The van der Waals surface area contributed by atoms with E-state index >= 15 is 0 Å². The lowest BCUT2D eigenvalue weighted by molar-refractivity contribution is 0.0527. The molecule has 1 amide bonds. The SMILES string of the molecule is COc1ccccc1OC1CCCN(C(=O)c2cc(=O)cc[nH]2)C1. The van der Waals surface area contributed by atoms with Crippen LogP contribution in [0.5, 0.6) is 11.5 Å². The van der Waals surface area contributed by atoms with Crippen LogP contribution in [-0.2, 0) is 0 Å². The van der Waals surface area contributed by atoms with E-state index in [1.54, 1.807) is 12.0 Å². The number of para-hydroxylation sites is 2. The van der Waals surface area contributed by atoms with Crippen molar-refractivity contribution in [2.75, 3.05) is 20.2 Å². The maximum Gasteiger partial charge on any atom is 0.270 e. The second kappa shape index (κ2) is 7.21. The van der Waals surface area contributed by atoms with E-state index in [9.17, 15) is 9.59 Å². The van der Waals surface area contributed by atoms with Gasteiger partial charge in [0.2, 0.25) is 0 Å². The number of pyridine rings is 1. The zero-order chi connectivity index (χ0) is 16.9. The van der Waals surface area contributed by atoms with Gasteiger partial charge in [-0.25, -0.2) is 0 Å². The highest BCUT2D eigenvalue weighted by Crippen LogP contribution is 2.28. The molecular weight excluding hydrogens is 308 g/mol. The van der Waals surface area contributed by atoms with Crippen LogP contribution < -0.4 is 14.9 Å². The summed E-state index contributed by atoms with van der Waals surface area (Å²) in [5, 5.41) is 0. The number of rotatable bonds is 4. The molecule has 0 saturated carbocycles. The van der Waals surface area contributed by atoms with Gasteiger partial charge in [-0.3, -0.25) is 9.59 Å². The molecule has 0 bridgehead atoms. The van der Waals surface area contributed by atoms with Crippen molar-refractivity contribution in [2.45, 2.75) is 18.9 Å². The fourth-order valence-electron chi connectivity index (χ4n) is 2.85. The minimum atomic E-state index is -0.184. The molecule has 1 N–H and O–H groups in total. The van der Waals surface area contributed by atoms with Crippen molar-refractivity contribution in [2.24, 2.45) is 0 Å². The summed E-state index contributed by atoms with van der Waals surface area (Å²) in [6, 6.07) is 10.2. The highest BCUT2D eigenvalue weighted by molar-refractivity contribution is 5.92. The van der Waals surface area contributed by atoms with Crippen LogP contribution in [0, 0.1) is 0 Å². The van der Waals surface area contributed by atoms with Crippen LogP contribution in [0.1, 0.15) is 23.3 Å². The number of hydrogen-bond acceptors (Lipinski definition) is 4. The number of methoxy groups -OCH3 is 1. The molecule has 1 aliphatic rings. The molecule has 2 aromatic rings. The van der Waals surface area contributed by atoms with Gasteiger partial charge in [0.25, 0.3) is 5.91 Å². The first-order valence-corrected chi connectivity index (χ1v) is 7.95. The number of amides is 1. The van der Waals surface area contributed by atoms with Crippen molar-refractivity contribution in [1.82, 2.24) is 9.88 Å². The topological polar surface area (TPSA) is 71.6 Å². The number of H-pyrrole nitrogens is 1. The molecule has 1 saturated heterocycles. The lowest BCUT2D eigenvalue weighted by Gasteiger charge is -2.33. The zero-order valence-corrected chi connectivity index (χ0v) is 13.5. The van der Waals surface area contributed by atoms with E-state index in [1.165, 1.54) is 18.3 Å². The number of carbonyl (C=O) groups is 1. The molecule has 6 nitrogen and oxygen atoms in total. The van der Waals surface area contributed by atoms with E-state index in [0.717, 1.165) is 12.8 Å². The van der Waals surface area contributed by atoms with Crippen LogP contribution in [0.2, 0.25) is 0 Å². The molecule has 2 heterocycles. The standard InChI is InChI=1S/C18H20N2O4/c1-23-16-6-2-3-7-17(16)24-14-5-4-10-20(12-14)18(22)15-11-13(21)8-9-19-15/h2-3,6-9,11,14H,4-5,10,12H2,1H3,(H,19,21). The van der Waals surface area contributed by atoms with E-state index in [-0.39, 0.29) is 17.4 Å². The number of hydrogen-bond donors (Lipinski definition) is 1. The molecular formula is C18H20N2O4. The van der Waals surface area contributed by atoms with Crippen molar-refractivity contribution in [3.8, 4) is 11.5 Å². The summed E-state index contributed by atoms with van der Waals surface area (Å²) in [7, 11) is 1.60. The van der Waals surface area contributed by atoms with Gasteiger partial charge in [-0.05, 0) is 25.0 Å². The largest absolute Gasteiger partial charge is 0.493 e. The predicted octanol–water partition coefficient (Wildman–Crippen LogP) is 2.07. The normalized spacial score (nSPS) is 17.4. The zero-order valence-electron chi connectivity index (χ0n) is 13.5. The van der Waals surface area contributed by atoms with Crippen molar-refractivity contribution in [1.29, 1.82) is 0 Å². The first kappa shape index (κ1) is 16.1. The minimum Gasteiger partial charge on any atom is -0.493 e. The third-order valence-electron chi connectivity index (χ3n) is 4.03. The highest BCUT2D eigenvalue weighted by Gasteiger charge is 2.26. The highest BCUT2D eigenvalue weighted by atomic mass is 16.5. The maximum absolute atomic E-state index is 12.5. The summed E-state index contributed by atoms with van der Waals surface area (Å²) in [5.41, 5.74) is 0.122. The van der Waals surface area contributed by atoms with Gasteiger partial charge in [0.1, 0.15) is 11.8 Å². The Balaban J connectivity index is 1.70. The monoisotopic (exact) mass is 328 g/mol. The van der Waals surface area contributed by atoms with Crippen molar-refractivity contribution in [3.05, 3.63) is 58.5 Å². The number of likely N-dealkylation sites (tertiary alicyclic amines) is 1. The second-order valence-corrected chi connectivity index (χ2v) is 5.72. The van der Waals surface area contributed by atoms with Crippen molar-refractivity contribution >= 4 is 5.91 Å². The van der Waals surface area contributed by atoms with Gasteiger partial charge < -0.3 is 19.4 Å². The summed E-state index contributed by atoms with van der Waals surface area (Å²) in [4.78, 5) is 28.5. The third-order valence-corrected chi connectivity index (χ3v) is 4.03. The lowest BCUT2D eigenvalue weighted by atomic mass is 10.1. The summed E-state index contributed by atoms with van der Waals surface area (Å²) >= 11 is 0. The smallest absolute Gasteiger partial charge is 0.270 e. The number of nitrogens with zero attached hydrogens (tertiary/aromatic N) is 1. The van der Waals surface area contributed by atoms with Gasteiger partial charge in [-0.1, -0.05) is 12.1 Å². The Kier molecular flexibility index (Phi) is 4.84. The summed E-state index contributed by atoms with van der Waals surface area (Å²) in [6.07, 6.45) is 3.10. The van der Waals surface area contributed by atoms with E-state index in [2.05, 4.69) is 4.98 Å². The fourth-order valence-corrected chi connectivity index (χ4v) is 2.85. The lowest BCUT2D eigenvalue weighted by Crippen LogP contribution is -2.44. The molecule has 6 heteroatoms. The number of aromatic amines is 1. The van der Waals surface area contributed by atoms with Gasteiger partial charge in [0.05, 0.1) is 13.7 Å². The molecule has 1 atom stereocenters. The second-order valence-electron chi connectivity index (χ2n) is 5.72. The molecule has 1 unspecified atom stereocenters. The predicted molar refractivity (Wildman–Crippen MR) is 89.6 cm³/mol. The van der Waals surface area contributed by atoms with Gasteiger partial charge in [0, 0.05) is 24.9 Å². The number of piperidine rings is 1. The molecule has 126 valence electrons. The van der Waals surface area contributed by atoms with Crippen LogP contribution >= 0.6 is 0 Å². The Bertz CT molecular complexity index is 771. The van der Waals surface area contributed by atoms with Crippen molar-refractivity contribution < 1.29 is 14.3 Å². The van der Waals surface area contributed by atoms with E-state index in [1.807, 2.05) is 24.3 Å². The van der Waals surface area contributed by atoms with Crippen LogP contribution in [-0.4, -0.2) is 42.1 Å². The molecule has 1 aromatic carbocycles. The van der Waals surface area contributed by atoms with Crippen LogP contribution in [0.25, 0.3) is 0 Å². The average Bonchev–Trinajstić information content (AvgIpc) is 2.62. The van der Waals surface area contributed by atoms with E-state index in [0.29, 0.717) is 30.3 Å². The third kappa shape index (κ3) is 3.59. The molecule has 1 fully saturated rings. The van der Waals surface area contributed by atoms with Gasteiger partial charge in [0.15, 0.2) is 16.9 Å². The first-order valence-electron chi connectivity index (χ1n) is 7.95. The average molecular weight is 328 g/mol. The molecule has 1 aliphatic heterocycles. The van der Waals surface area contributed by atoms with Gasteiger partial charge in [-0.15, -0.1) is 0 Å². The van der Waals surface area contributed by atoms with E-state index < -0.39 is 0 Å². The van der Waals surface area contributed by atoms with E-state index in [4.69, 9.17) is 9.47 Å². The van der Waals surface area contributed by atoms with Crippen molar-refractivity contribution in [3.63, 3.8) is 0 Å². The van der Waals surface area contributed by atoms with Gasteiger partial charge >= 0.3 is 0 Å². The van der Waals surface area contributed by atoms with Crippen LogP contribution in [0.15, 0.2) is 47.4 Å². The molecule has 3 rings (SSSR count). The number of ether oxygens (including phenoxy) is 2. The van der Waals surface area contributed by atoms with Gasteiger partial charge in [-0.2, -0.15) is 0 Å². The molecule has 24 heavy (non-hydrogen) atoms.